The minimum Gasteiger partial charge on any atom is -0.465 e. The summed E-state index contributed by atoms with van der Waals surface area (Å²) in [4.78, 5) is 21.7. The van der Waals surface area contributed by atoms with Gasteiger partial charge < -0.3 is 9.47 Å². The Morgan fingerprint density at radius 1 is 1.00 bits per heavy atom. The molecule has 5 nitrogen and oxygen atoms in total. The number of carbonyl (C=O) groups excluding carboxylic acids is 2. The molecule has 28 heavy (non-hydrogen) atoms. The fourth-order valence-corrected chi connectivity index (χ4v) is 0.982. The molecule has 0 aromatic carbocycles. The highest BCUT2D eigenvalue weighted by Crippen LogP contribution is 2.23. The van der Waals surface area contributed by atoms with Crippen molar-refractivity contribution < 1.29 is 50.0 Å². The molecule has 0 fully saturated rings. The summed E-state index contributed by atoms with van der Waals surface area (Å²) in [5.41, 5.74) is -0.608. The third-order valence-corrected chi connectivity index (χ3v) is 3.02. The predicted molar refractivity (Wildman–Crippen MR) is 91.1 cm³/mol. The van der Waals surface area contributed by atoms with E-state index in [4.69, 9.17) is 5.84 Å². The number of alkyl halides is 6. The van der Waals surface area contributed by atoms with Crippen LogP contribution in [0, 0.1) is 5.41 Å². The number of esters is 2. The van der Waals surface area contributed by atoms with Crippen LogP contribution in [0.1, 0.15) is 47.0 Å². The zero-order valence-corrected chi connectivity index (χ0v) is 16.9. The van der Waals surface area contributed by atoms with Gasteiger partial charge in [-0.25, -0.2) is 4.79 Å². The summed E-state index contributed by atoms with van der Waals surface area (Å²) in [7, 11) is -0.583. The van der Waals surface area contributed by atoms with Crippen LogP contribution in [0.3, 0.4) is 0 Å². The van der Waals surface area contributed by atoms with E-state index in [0.717, 1.165) is 0 Å². The van der Waals surface area contributed by atoms with Crippen LogP contribution < -0.4 is 0 Å². The van der Waals surface area contributed by atoms with Crippen LogP contribution in [0.25, 0.3) is 0 Å². The average Bonchev–Trinajstić information content (AvgIpc) is 2.53. The van der Waals surface area contributed by atoms with Gasteiger partial charge in [0, 0.05) is 5.57 Å². The normalized spacial score (nSPS) is 11.9. The highest BCUT2D eigenvalue weighted by atomic mass is 31.0. The Bertz CT molecular complexity index is 521. The van der Waals surface area contributed by atoms with Crippen LogP contribution in [-0.4, -0.2) is 38.8 Å². The van der Waals surface area contributed by atoms with Crippen LogP contribution in [0.5, 0.6) is 0 Å². The molecule has 0 aromatic rings. The van der Waals surface area contributed by atoms with Crippen LogP contribution in [-0.2, 0) is 23.6 Å². The van der Waals surface area contributed by atoms with Crippen molar-refractivity contribution in [3.8, 4) is 0 Å². The fourth-order valence-electron chi connectivity index (χ4n) is 0.982. The van der Waals surface area contributed by atoms with Gasteiger partial charge in [-0.05, 0) is 27.2 Å². The van der Waals surface area contributed by atoms with E-state index in [9.17, 15) is 35.9 Å². The molecule has 0 saturated heterocycles. The van der Waals surface area contributed by atoms with E-state index in [0.29, 0.717) is 6.42 Å². The molecule has 0 aliphatic carbocycles. The van der Waals surface area contributed by atoms with Crippen molar-refractivity contribution in [2.24, 2.45) is 5.41 Å². The zero-order chi connectivity index (χ0) is 23.9. The van der Waals surface area contributed by atoms with E-state index in [-0.39, 0.29) is 5.57 Å². The summed E-state index contributed by atoms with van der Waals surface area (Å²) in [5.74, 6) is -1.37. The third kappa shape index (κ3) is 20.7. The first-order valence-electron chi connectivity index (χ1n) is 8.28. The number of rotatable bonds is 7. The zero-order valence-electron chi connectivity index (χ0n) is 17.0. The van der Waals surface area contributed by atoms with Crippen LogP contribution in [0.2, 0.25) is 0 Å². The van der Waals surface area contributed by atoms with Gasteiger partial charge >= 0.3 is 24.3 Å². The Kier molecular flexibility index (Phi) is 14.7. The lowest BCUT2D eigenvalue weighted by Gasteiger charge is -2.20. The lowest BCUT2D eigenvalue weighted by Crippen LogP contribution is -2.27. The van der Waals surface area contributed by atoms with E-state index in [1.165, 1.54) is 6.92 Å². The van der Waals surface area contributed by atoms with Gasteiger partial charge in [0.2, 0.25) is 0 Å². The molecule has 0 N–H and O–H groups in total. The third-order valence-electron chi connectivity index (χ3n) is 3.02. The summed E-state index contributed by atoms with van der Waals surface area (Å²) in [6, 6.07) is 0. The van der Waals surface area contributed by atoms with Crippen LogP contribution >= 0.6 is 9.06 Å². The fraction of sp³-hybridized carbons (Fsp3) is 0.750. The average molecular weight is 444 g/mol. The smallest absolute Gasteiger partial charge is 0.392 e. The Balaban J connectivity index is -0.000000414. The highest BCUT2D eigenvalue weighted by Gasteiger charge is 2.31. The standard InChI is InChI=1S/C9H15F3O2.C7H9F3O2.HOP/c1-4-8(2,3)7(13)14-6-5-9(10,11)12;1-5(2)6(11)12-4-3-7(8,9)10;1-2/h4-6H2,1-3H3;1,3-4H2,2H3;2H/i;;2T. The number of hydrogen-bond acceptors (Lipinski definition) is 5. The Labute approximate surface area is 163 Å². The Hall–Kier alpha value is -1.64. The lowest BCUT2D eigenvalue weighted by molar-refractivity contribution is -0.166. The van der Waals surface area contributed by atoms with Crippen molar-refractivity contribution in [2.45, 2.75) is 59.3 Å². The Morgan fingerprint density at radius 3 is 1.64 bits per heavy atom. The molecule has 0 bridgehead atoms. The van der Waals surface area contributed by atoms with Gasteiger partial charge in [0.25, 0.3) is 0 Å². The van der Waals surface area contributed by atoms with Crippen molar-refractivity contribution in [3.05, 3.63) is 12.2 Å². The molecule has 0 aliphatic heterocycles. The molecule has 0 heterocycles. The molecule has 0 atom stereocenters. The Morgan fingerprint density at radius 2 is 1.36 bits per heavy atom. The van der Waals surface area contributed by atoms with Gasteiger partial charge in [-0.1, -0.05) is 13.5 Å². The van der Waals surface area contributed by atoms with Gasteiger partial charge in [0.1, 0.15) is 16.9 Å². The molecule has 0 radical (unpaired) electrons. The van der Waals surface area contributed by atoms with Crippen molar-refractivity contribution in [2.75, 3.05) is 13.2 Å². The second-order valence-electron chi connectivity index (χ2n) is 6.02. The molecule has 0 amide bonds. The minimum atomic E-state index is -4.28. The summed E-state index contributed by atoms with van der Waals surface area (Å²) >= 11 is 0. The predicted octanol–water partition coefficient (Wildman–Crippen LogP) is 5.45. The van der Waals surface area contributed by atoms with E-state index in [1.807, 2.05) is 0 Å². The molecule has 0 spiro atoms. The molecular formula is C16H25F6O5P. The highest BCUT2D eigenvalue weighted by molar-refractivity contribution is 7.00. The molecule has 0 rings (SSSR count). The number of hydrogen-bond donors (Lipinski definition) is 0. The summed E-state index contributed by atoms with van der Waals surface area (Å²) < 4.78 is 92.5. The molecule has 12 heteroatoms. The first kappa shape index (κ1) is 28.6. The first-order valence-corrected chi connectivity index (χ1v) is 8.20. The SMILES string of the molecule is C=C(C)C(=O)OCCC(F)(F)F.CCC(C)(C)C(=O)OCCC(F)(F)F.[3H]P=O. The lowest BCUT2D eigenvalue weighted by atomic mass is 9.91. The number of ether oxygens (including phenoxy) is 2. The molecule has 0 aromatic heterocycles. The maximum absolute atomic E-state index is 11.7. The largest absolute Gasteiger partial charge is 0.465 e. The van der Waals surface area contributed by atoms with Gasteiger partial charge in [-0.3, -0.25) is 9.36 Å². The number of halogens is 6. The van der Waals surface area contributed by atoms with Gasteiger partial charge in [-0.15, -0.1) is 0 Å². The second-order valence-corrected chi connectivity index (χ2v) is 6.02. The van der Waals surface area contributed by atoms with Crippen molar-refractivity contribution in [3.63, 3.8) is 0 Å². The van der Waals surface area contributed by atoms with Gasteiger partial charge in [0.05, 0.1) is 24.9 Å². The van der Waals surface area contributed by atoms with E-state index in [2.05, 4.69) is 16.1 Å². The van der Waals surface area contributed by atoms with E-state index < -0.39 is 64.8 Å². The quantitative estimate of drug-likeness (QED) is 0.226. The van der Waals surface area contributed by atoms with Crippen molar-refractivity contribution >= 4 is 21.0 Å². The van der Waals surface area contributed by atoms with Crippen LogP contribution in [0.4, 0.5) is 26.3 Å². The topological polar surface area (TPSA) is 69.7 Å². The van der Waals surface area contributed by atoms with E-state index in [1.54, 1.807) is 20.8 Å². The molecule has 0 saturated carbocycles. The maximum atomic E-state index is 11.7. The minimum absolute atomic E-state index is 0.0946. The molecule has 166 valence electrons. The summed E-state index contributed by atoms with van der Waals surface area (Å²) in [6.07, 6.45) is -10.2. The molecule has 0 aliphatic rings. The van der Waals surface area contributed by atoms with Crippen molar-refractivity contribution in [1.82, 2.24) is 0 Å². The van der Waals surface area contributed by atoms with Crippen molar-refractivity contribution in [1.29, 1.82) is 1.28 Å². The van der Waals surface area contributed by atoms with Gasteiger partial charge in [-0.2, -0.15) is 26.3 Å². The summed E-state index contributed by atoms with van der Waals surface area (Å²) in [6.45, 7) is 8.42. The number of carbonyl (C=O) groups is 2. The molecular weight excluding hydrogens is 417 g/mol. The van der Waals surface area contributed by atoms with E-state index >= 15 is 0 Å². The maximum Gasteiger partial charge on any atom is 0.392 e. The first-order chi connectivity index (χ1) is 12.9. The second kappa shape index (κ2) is 14.4. The molecule has 0 unspecified atom stereocenters. The monoisotopic (exact) mass is 444 g/mol. The van der Waals surface area contributed by atoms with Crippen LogP contribution in [0.15, 0.2) is 12.2 Å². The summed E-state index contributed by atoms with van der Waals surface area (Å²) in [5, 5.41) is 0. The van der Waals surface area contributed by atoms with Gasteiger partial charge in [0.15, 0.2) is 0 Å².